The molecular weight excluding hydrogens is 294 g/mol. The molecule has 114 valence electrons. The minimum Gasteiger partial charge on any atom is -0.478 e. The number of aliphatic hydroxyl groups is 1. The number of nitrogens with zero attached hydrogens (tertiary/aromatic N) is 1. The first-order chi connectivity index (χ1) is 9.87. The van der Waals surface area contributed by atoms with Gasteiger partial charge in [-0.15, -0.1) is 0 Å². The average Bonchev–Trinajstić information content (AvgIpc) is 2.70. The molecule has 0 amide bonds. The first-order valence-electron chi connectivity index (χ1n) is 6.89. The number of carboxylic acids is 1. The number of aryl methyl sites for hydroxylation is 1. The van der Waals surface area contributed by atoms with E-state index in [1.165, 1.54) is 6.07 Å². The topological polar surface area (TPSA) is 94.9 Å². The van der Waals surface area contributed by atoms with E-state index in [0.29, 0.717) is 6.54 Å². The van der Waals surface area contributed by atoms with E-state index in [4.69, 9.17) is 5.11 Å². The van der Waals surface area contributed by atoms with E-state index in [0.717, 1.165) is 24.1 Å². The van der Waals surface area contributed by atoms with Crippen molar-refractivity contribution in [2.75, 3.05) is 23.0 Å². The Labute approximate surface area is 122 Å². The Bertz CT molecular complexity index is 685. The van der Waals surface area contributed by atoms with Crippen molar-refractivity contribution in [1.82, 2.24) is 0 Å². The highest BCUT2D eigenvalue weighted by Crippen LogP contribution is 2.32. The van der Waals surface area contributed by atoms with Gasteiger partial charge >= 0.3 is 5.97 Å². The third kappa shape index (κ3) is 2.63. The number of fused-ring (bicyclic) bond motifs is 1. The molecule has 2 heterocycles. The van der Waals surface area contributed by atoms with Crippen molar-refractivity contribution in [3.63, 3.8) is 0 Å². The third-order valence-electron chi connectivity index (χ3n) is 4.17. The molecule has 1 fully saturated rings. The second-order valence-electron chi connectivity index (χ2n) is 5.66. The summed E-state index contributed by atoms with van der Waals surface area (Å²) in [6, 6.07) is 4.44. The van der Waals surface area contributed by atoms with Crippen molar-refractivity contribution in [2.45, 2.75) is 25.0 Å². The molecule has 0 aromatic heterocycles. The summed E-state index contributed by atoms with van der Waals surface area (Å²) in [5.41, 5.74) is 1.97. The van der Waals surface area contributed by atoms with Crippen LogP contribution >= 0.6 is 0 Å². The lowest BCUT2D eigenvalue weighted by Crippen LogP contribution is -2.45. The standard InChI is InChI=1S/C14H17NO5S/c16-13-8-21(19,20)7-12(13)15-5-1-2-9-6-10(14(17)18)3-4-11(9)15/h3-4,6,12-13,16H,1-2,5,7-8H2,(H,17,18). The van der Waals surface area contributed by atoms with Crippen molar-refractivity contribution >= 4 is 21.5 Å². The zero-order valence-corrected chi connectivity index (χ0v) is 12.2. The molecular formula is C14H17NO5S. The highest BCUT2D eigenvalue weighted by molar-refractivity contribution is 7.91. The van der Waals surface area contributed by atoms with Crippen molar-refractivity contribution in [3.05, 3.63) is 29.3 Å². The minimum atomic E-state index is -3.20. The number of hydrogen-bond acceptors (Lipinski definition) is 5. The molecule has 2 N–H and O–H groups in total. The summed E-state index contributed by atoms with van der Waals surface area (Å²) in [5.74, 6) is -1.22. The van der Waals surface area contributed by atoms with Crippen LogP contribution in [0.5, 0.6) is 0 Å². The van der Waals surface area contributed by atoms with Gasteiger partial charge < -0.3 is 15.1 Å². The zero-order chi connectivity index (χ0) is 15.2. The first kappa shape index (κ1) is 14.3. The molecule has 1 aromatic rings. The Morgan fingerprint density at radius 1 is 1.29 bits per heavy atom. The quantitative estimate of drug-likeness (QED) is 0.815. The Morgan fingerprint density at radius 2 is 2.05 bits per heavy atom. The van der Waals surface area contributed by atoms with Gasteiger partial charge in [0, 0.05) is 12.2 Å². The summed E-state index contributed by atoms with van der Waals surface area (Å²) < 4.78 is 23.4. The summed E-state index contributed by atoms with van der Waals surface area (Å²) in [6.45, 7) is 0.677. The van der Waals surface area contributed by atoms with Gasteiger partial charge in [-0.05, 0) is 36.6 Å². The summed E-state index contributed by atoms with van der Waals surface area (Å²) in [4.78, 5) is 12.9. The highest BCUT2D eigenvalue weighted by atomic mass is 32.2. The number of benzene rings is 1. The van der Waals surface area contributed by atoms with Gasteiger partial charge in [0.15, 0.2) is 9.84 Å². The fraction of sp³-hybridized carbons (Fsp3) is 0.500. The lowest BCUT2D eigenvalue weighted by atomic mass is 9.97. The highest BCUT2D eigenvalue weighted by Gasteiger charge is 2.41. The second-order valence-corrected chi connectivity index (χ2v) is 7.81. The fourth-order valence-electron chi connectivity index (χ4n) is 3.21. The van der Waals surface area contributed by atoms with Gasteiger partial charge in [-0.25, -0.2) is 13.2 Å². The molecule has 6 nitrogen and oxygen atoms in total. The number of carboxylic acid groups (broad SMARTS) is 1. The van der Waals surface area contributed by atoms with E-state index in [2.05, 4.69) is 0 Å². The van der Waals surface area contributed by atoms with E-state index >= 15 is 0 Å². The molecule has 0 radical (unpaired) electrons. The molecule has 2 aliphatic heterocycles. The molecule has 0 saturated carbocycles. The maximum Gasteiger partial charge on any atom is 0.335 e. The van der Waals surface area contributed by atoms with Crippen molar-refractivity contribution in [3.8, 4) is 0 Å². The van der Waals surface area contributed by atoms with Crippen LogP contribution in [0.2, 0.25) is 0 Å². The molecule has 0 aliphatic carbocycles. The molecule has 2 atom stereocenters. The van der Waals surface area contributed by atoms with Crippen LogP contribution in [-0.4, -0.2) is 54.8 Å². The van der Waals surface area contributed by atoms with E-state index in [1.807, 2.05) is 4.90 Å². The van der Waals surface area contributed by atoms with Crippen LogP contribution in [0.15, 0.2) is 18.2 Å². The molecule has 21 heavy (non-hydrogen) atoms. The summed E-state index contributed by atoms with van der Waals surface area (Å²) in [6.07, 6.45) is 0.696. The summed E-state index contributed by atoms with van der Waals surface area (Å²) >= 11 is 0. The van der Waals surface area contributed by atoms with E-state index in [1.54, 1.807) is 12.1 Å². The van der Waals surface area contributed by atoms with Gasteiger partial charge in [0.05, 0.1) is 29.2 Å². The fourth-order valence-corrected chi connectivity index (χ4v) is 5.01. The Kier molecular flexibility index (Phi) is 3.41. The zero-order valence-electron chi connectivity index (χ0n) is 11.4. The SMILES string of the molecule is O=C(O)c1ccc2c(c1)CCCN2C1CS(=O)(=O)CC1O. The predicted molar refractivity (Wildman–Crippen MR) is 77.5 cm³/mol. The number of carbonyl (C=O) groups is 1. The van der Waals surface area contributed by atoms with Crippen LogP contribution < -0.4 is 4.90 Å². The van der Waals surface area contributed by atoms with Crippen LogP contribution in [0, 0.1) is 0 Å². The molecule has 3 rings (SSSR count). The largest absolute Gasteiger partial charge is 0.478 e. The van der Waals surface area contributed by atoms with Crippen molar-refractivity contribution < 1.29 is 23.4 Å². The molecule has 0 bridgehead atoms. The number of anilines is 1. The molecule has 1 aromatic carbocycles. The smallest absolute Gasteiger partial charge is 0.335 e. The Balaban J connectivity index is 1.96. The van der Waals surface area contributed by atoms with E-state index < -0.39 is 28.0 Å². The van der Waals surface area contributed by atoms with E-state index in [9.17, 15) is 18.3 Å². The second kappa shape index (κ2) is 4.99. The lowest BCUT2D eigenvalue weighted by molar-refractivity contribution is 0.0696. The van der Waals surface area contributed by atoms with Gasteiger partial charge in [0.2, 0.25) is 0 Å². The maximum atomic E-state index is 11.7. The van der Waals surface area contributed by atoms with Crippen LogP contribution in [-0.2, 0) is 16.3 Å². The molecule has 1 saturated heterocycles. The molecule has 2 aliphatic rings. The summed E-state index contributed by atoms with van der Waals surface area (Å²) in [5, 5.41) is 19.1. The Hall–Kier alpha value is -1.60. The van der Waals surface area contributed by atoms with Gasteiger partial charge in [-0.1, -0.05) is 0 Å². The van der Waals surface area contributed by atoms with E-state index in [-0.39, 0.29) is 17.1 Å². The van der Waals surface area contributed by atoms with Crippen molar-refractivity contribution in [2.24, 2.45) is 0 Å². The monoisotopic (exact) mass is 311 g/mol. The van der Waals surface area contributed by atoms with Crippen molar-refractivity contribution in [1.29, 1.82) is 0 Å². The number of aliphatic hydroxyl groups excluding tert-OH is 1. The molecule has 2 unspecified atom stereocenters. The Morgan fingerprint density at radius 3 is 2.67 bits per heavy atom. The summed E-state index contributed by atoms with van der Waals surface area (Å²) in [7, 11) is -3.20. The average molecular weight is 311 g/mol. The minimum absolute atomic E-state index is 0.0473. The first-order valence-corrected chi connectivity index (χ1v) is 8.71. The number of hydrogen-bond donors (Lipinski definition) is 2. The van der Waals surface area contributed by atoms with Crippen LogP contribution in [0.3, 0.4) is 0 Å². The number of sulfone groups is 1. The number of aromatic carboxylic acids is 1. The number of rotatable bonds is 2. The third-order valence-corrected chi connectivity index (χ3v) is 5.87. The maximum absolute atomic E-state index is 11.7. The van der Waals surface area contributed by atoms with Crippen LogP contribution in [0.25, 0.3) is 0 Å². The lowest BCUT2D eigenvalue weighted by Gasteiger charge is -2.37. The van der Waals surface area contributed by atoms with Gasteiger partial charge in [-0.2, -0.15) is 0 Å². The molecule has 0 spiro atoms. The predicted octanol–water partition coefficient (Wildman–Crippen LogP) is 0.295. The molecule has 7 heteroatoms. The van der Waals surface area contributed by atoms with Crippen LogP contribution in [0.1, 0.15) is 22.3 Å². The van der Waals surface area contributed by atoms with Gasteiger partial charge in [0.1, 0.15) is 0 Å². The van der Waals surface area contributed by atoms with Crippen LogP contribution in [0.4, 0.5) is 5.69 Å². The van der Waals surface area contributed by atoms with Gasteiger partial charge in [0.25, 0.3) is 0 Å². The van der Waals surface area contributed by atoms with Gasteiger partial charge in [-0.3, -0.25) is 0 Å². The normalized spacial score (nSPS) is 27.4.